The lowest BCUT2D eigenvalue weighted by Gasteiger charge is -2.15. The highest BCUT2D eigenvalue weighted by molar-refractivity contribution is 6.01. The topological polar surface area (TPSA) is 81.2 Å². The average Bonchev–Trinajstić information content (AvgIpc) is 3.31. The lowest BCUT2D eigenvalue weighted by molar-refractivity contribution is 0.0469. The van der Waals surface area contributed by atoms with Crippen LogP contribution in [0.1, 0.15) is 81.6 Å². The number of carbonyl (C=O) groups excluding carboxylic acids is 3. The summed E-state index contributed by atoms with van der Waals surface area (Å²) in [6, 6.07) is 3.30. The first kappa shape index (κ1) is 20.8. The third-order valence-electron chi connectivity index (χ3n) is 5.56. The van der Waals surface area contributed by atoms with Gasteiger partial charge in [-0.05, 0) is 65.0 Å². The molecule has 0 aromatic carbocycles. The van der Waals surface area contributed by atoms with Crippen molar-refractivity contribution >= 4 is 17.5 Å². The van der Waals surface area contributed by atoms with Gasteiger partial charge in [0.2, 0.25) is 5.78 Å². The molecule has 154 valence electrons. The second-order valence-corrected chi connectivity index (χ2v) is 7.65. The van der Waals surface area contributed by atoms with Crippen molar-refractivity contribution in [3.63, 3.8) is 0 Å². The Labute approximate surface area is 170 Å². The van der Waals surface area contributed by atoms with E-state index in [0.717, 1.165) is 24.4 Å². The number of esters is 1. The first-order valence-electron chi connectivity index (χ1n) is 10.1. The number of aryl methyl sites for hydroxylation is 1. The standard InChI is InChI=1S/C23H28N2O4/c1-15-11-20(16(2)25(15)10-9-18-7-5-4-6-8-18)22(27)14-29-23(28)21-12-19(13-24-21)17(3)26/h7,11-13,24H,4-6,8-10,14H2,1-3H3. The Balaban J connectivity index is 1.60. The number of aromatic amines is 1. The molecule has 29 heavy (non-hydrogen) atoms. The zero-order valence-electron chi connectivity index (χ0n) is 17.3. The molecule has 1 aliphatic rings. The Morgan fingerprint density at radius 3 is 2.62 bits per heavy atom. The predicted octanol–water partition coefficient (Wildman–Crippen LogP) is 4.57. The Kier molecular flexibility index (Phi) is 6.52. The highest BCUT2D eigenvalue weighted by atomic mass is 16.5. The van der Waals surface area contributed by atoms with Crippen LogP contribution in [-0.2, 0) is 11.3 Å². The van der Waals surface area contributed by atoms with E-state index in [2.05, 4.69) is 15.6 Å². The Hall–Kier alpha value is -2.89. The molecule has 6 nitrogen and oxygen atoms in total. The molecule has 1 N–H and O–H groups in total. The normalized spacial score (nSPS) is 13.8. The molecule has 3 rings (SSSR count). The summed E-state index contributed by atoms with van der Waals surface area (Å²) < 4.78 is 7.31. The Bertz CT molecular complexity index is 962. The monoisotopic (exact) mass is 396 g/mol. The summed E-state index contributed by atoms with van der Waals surface area (Å²) in [4.78, 5) is 38.8. The molecule has 0 radical (unpaired) electrons. The summed E-state index contributed by atoms with van der Waals surface area (Å²) in [6.45, 7) is 5.87. The van der Waals surface area contributed by atoms with E-state index < -0.39 is 5.97 Å². The van der Waals surface area contributed by atoms with E-state index in [0.29, 0.717) is 11.1 Å². The summed E-state index contributed by atoms with van der Waals surface area (Å²) in [6.07, 6.45) is 9.69. The zero-order valence-corrected chi connectivity index (χ0v) is 17.3. The van der Waals surface area contributed by atoms with E-state index in [1.807, 2.05) is 19.9 Å². The Morgan fingerprint density at radius 2 is 1.97 bits per heavy atom. The van der Waals surface area contributed by atoms with Gasteiger partial charge in [-0.1, -0.05) is 11.6 Å². The molecule has 0 atom stereocenters. The number of nitrogens with one attached hydrogen (secondary N) is 1. The molecule has 1 aliphatic carbocycles. The van der Waals surface area contributed by atoms with Gasteiger partial charge in [0.25, 0.3) is 0 Å². The fourth-order valence-electron chi connectivity index (χ4n) is 3.82. The summed E-state index contributed by atoms with van der Waals surface area (Å²) in [5.74, 6) is -1.02. The lowest BCUT2D eigenvalue weighted by atomic mass is 9.97. The highest BCUT2D eigenvalue weighted by Crippen LogP contribution is 2.23. The summed E-state index contributed by atoms with van der Waals surface area (Å²) in [5.41, 5.74) is 4.59. The van der Waals surface area contributed by atoms with Crippen molar-refractivity contribution in [1.82, 2.24) is 9.55 Å². The fraction of sp³-hybridized carbons (Fsp3) is 0.435. The van der Waals surface area contributed by atoms with Crippen molar-refractivity contribution < 1.29 is 19.1 Å². The summed E-state index contributed by atoms with van der Waals surface area (Å²) >= 11 is 0. The van der Waals surface area contributed by atoms with Crippen LogP contribution < -0.4 is 0 Å². The van der Waals surface area contributed by atoms with Gasteiger partial charge >= 0.3 is 5.97 Å². The number of hydrogen-bond acceptors (Lipinski definition) is 4. The summed E-state index contributed by atoms with van der Waals surface area (Å²) in [5, 5.41) is 0. The number of carbonyl (C=O) groups is 3. The van der Waals surface area contributed by atoms with E-state index in [9.17, 15) is 14.4 Å². The number of nitrogens with zero attached hydrogens (tertiary/aromatic N) is 1. The summed E-state index contributed by atoms with van der Waals surface area (Å²) in [7, 11) is 0. The number of hydrogen-bond donors (Lipinski definition) is 1. The molecule has 0 amide bonds. The van der Waals surface area contributed by atoms with Gasteiger partial charge in [-0.15, -0.1) is 0 Å². The van der Waals surface area contributed by atoms with Crippen LogP contribution >= 0.6 is 0 Å². The minimum atomic E-state index is -0.649. The third-order valence-corrected chi connectivity index (χ3v) is 5.56. The van der Waals surface area contributed by atoms with Crippen molar-refractivity contribution in [2.24, 2.45) is 0 Å². The van der Waals surface area contributed by atoms with E-state index in [1.165, 1.54) is 50.4 Å². The molecule has 0 aliphatic heterocycles. The van der Waals surface area contributed by atoms with Gasteiger partial charge in [-0.25, -0.2) is 4.79 Å². The molecule has 0 fully saturated rings. The average molecular weight is 396 g/mol. The van der Waals surface area contributed by atoms with Crippen molar-refractivity contribution in [2.45, 2.75) is 59.4 Å². The highest BCUT2D eigenvalue weighted by Gasteiger charge is 2.19. The first-order valence-corrected chi connectivity index (χ1v) is 10.1. The minimum Gasteiger partial charge on any atom is -0.453 e. The number of H-pyrrole nitrogens is 1. The van der Waals surface area contributed by atoms with Crippen LogP contribution in [-0.4, -0.2) is 33.7 Å². The van der Waals surface area contributed by atoms with Crippen LogP contribution in [0.15, 0.2) is 30.0 Å². The fourth-order valence-corrected chi connectivity index (χ4v) is 3.82. The second-order valence-electron chi connectivity index (χ2n) is 7.65. The SMILES string of the molecule is CC(=O)c1c[nH]c(C(=O)OCC(=O)c2cc(C)n(CCC3=CCCCC3)c2C)c1. The van der Waals surface area contributed by atoms with Crippen LogP contribution in [0.25, 0.3) is 0 Å². The van der Waals surface area contributed by atoms with E-state index in [-0.39, 0.29) is 23.9 Å². The molecule has 2 heterocycles. The molecule has 0 bridgehead atoms. The van der Waals surface area contributed by atoms with Crippen LogP contribution in [0.2, 0.25) is 0 Å². The molecule has 0 saturated heterocycles. The number of ketones is 2. The van der Waals surface area contributed by atoms with Crippen molar-refractivity contribution in [3.8, 4) is 0 Å². The largest absolute Gasteiger partial charge is 0.453 e. The molecule has 6 heteroatoms. The third kappa shape index (κ3) is 4.94. The van der Waals surface area contributed by atoms with E-state index in [1.54, 1.807) is 0 Å². The molecule has 0 unspecified atom stereocenters. The van der Waals surface area contributed by atoms with Crippen molar-refractivity contribution in [1.29, 1.82) is 0 Å². The number of Topliss-reactive ketones (excluding diaryl/α,β-unsaturated/α-hetero) is 2. The number of allylic oxidation sites excluding steroid dienone is 2. The lowest BCUT2D eigenvalue weighted by Crippen LogP contribution is -2.15. The van der Waals surface area contributed by atoms with Gasteiger partial charge in [-0.2, -0.15) is 0 Å². The predicted molar refractivity (Wildman–Crippen MR) is 110 cm³/mol. The molecule has 0 spiro atoms. The maximum Gasteiger partial charge on any atom is 0.355 e. The van der Waals surface area contributed by atoms with Crippen molar-refractivity contribution in [2.75, 3.05) is 6.61 Å². The van der Waals surface area contributed by atoms with Gasteiger partial charge in [0.15, 0.2) is 12.4 Å². The maximum atomic E-state index is 12.6. The van der Waals surface area contributed by atoms with E-state index >= 15 is 0 Å². The molecule has 0 saturated carbocycles. The zero-order chi connectivity index (χ0) is 21.0. The van der Waals surface area contributed by atoms with Gasteiger partial charge in [0.1, 0.15) is 5.69 Å². The maximum absolute atomic E-state index is 12.6. The van der Waals surface area contributed by atoms with Crippen molar-refractivity contribution in [3.05, 3.63) is 58.2 Å². The number of ether oxygens (including phenoxy) is 1. The van der Waals surface area contributed by atoms with Crippen LogP contribution in [0.5, 0.6) is 0 Å². The smallest absolute Gasteiger partial charge is 0.355 e. The minimum absolute atomic E-state index is 0.146. The van der Waals surface area contributed by atoms with Crippen LogP contribution in [0.3, 0.4) is 0 Å². The molecule has 2 aromatic rings. The van der Waals surface area contributed by atoms with Gasteiger partial charge in [0, 0.05) is 35.3 Å². The van der Waals surface area contributed by atoms with E-state index in [4.69, 9.17) is 4.74 Å². The number of aromatic nitrogens is 2. The van der Waals surface area contributed by atoms with Gasteiger partial charge < -0.3 is 14.3 Å². The molecular weight excluding hydrogens is 368 g/mol. The van der Waals surface area contributed by atoms with Crippen LogP contribution in [0.4, 0.5) is 0 Å². The van der Waals surface area contributed by atoms with Crippen LogP contribution in [0, 0.1) is 13.8 Å². The quantitative estimate of drug-likeness (QED) is 0.403. The molecule has 2 aromatic heterocycles. The first-order chi connectivity index (χ1) is 13.9. The molecular formula is C23H28N2O4. The Morgan fingerprint density at radius 1 is 1.17 bits per heavy atom. The second kappa shape index (κ2) is 9.07. The van der Waals surface area contributed by atoms with Gasteiger partial charge in [-0.3, -0.25) is 9.59 Å². The van der Waals surface area contributed by atoms with Gasteiger partial charge in [0.05, 0.1) is 0 Å². The number of rotatable bonds is 8.